The maximum Gasteiger partial charge on any atom is 0.135 e. The van der Waals surface area contributed by atoms with Crippen molar-refractivity contribution in [3.05, 3.63) is 65.4 Å². The first kappa shape index (κ1) is 19.3. The minimum atomic E-state index is 0.650. The molecule has 2 aromatic carbocycles. The van der Waals surface area contributed by atoms with Crippen molar-refractivity contribution in [3.8, 4) is 16.9 Å². The summed E-state index contributed by atoms with van der Waals surface area (Å²) in [6.07, 6.45) is 5.42. The fraction of sp³-hybridized carbons (Fsp3) is 0.346. The van der Waals surface area contributed by atoms with Crippen molar-refractivity contribution in [1.82, 2.24) is 19.9 Å². The molecule has 0 unspecified atom stereocenters. The number of nitrogens with one attached hydrogen (secondary N) is 1. The Bertz CT molecular complexity index is 1310. The van der Waals surface area contributed by atoms with E-state index in [9.17, 15) is 0 Å². The zero-order chi connectivity index (χ0) is 21.7. The predicted octanol–water partition coefficient (Wildman–Crippen LogP) is 4.99. The number of H-pyrrole nitrogens is 1. The summed E-state index contributed by atoms with van der Waals surface area (Å²) in [5.41, 5.74) is 8.01. The van der Waals surface area contributed by atoms with Crippen molar-refractivity contribution in [2.24, 2.45) is 5.92 Å². The van der Waals surface area contributed by atoms with Crippen molar-refractivity contribution >= 4 is 16.9 Å². The number of benzene rings is 2. The number of aromatic nitrogens is 4. The monoisotopic (exact) mass is 425 g/mol. The van der Waals surface area contributed by atoms with Crippen LogP contribution in [0.3, 0.4) is 0 Å². The van der Waals surface area contributed by atoms with Gasteiger partial charge in [-0.05, 0) is 74.4 Å². The standard InChI is InChI=1S/C26H27N5O/c1-16-22(11-18-3-4-18)26(28-15-27-16)31-9-10-32-25-8-6-19(12-21(25)14-31)20-5-7-23-24(13-20)30-17(2)29-23/h5-8,12-13,15,18H,3-4,9-11,14H2,1-2H3,(H,29,30). The van der Waals surface area contributed by atoms with E-state index >= 15 is 0 Å². The lowest BCUT2D eigenvalue weighted by atomic mass is 10.0. The van der Waals surface area contributed by atoms with E-state index in [1.54, 1.807) is 6.33 Å². The van der Waals surface area contributed by atoms with Gasteiger partial charge in [-0.2, -0.15) is 0 Å². The van der Waals surface area contributed by atoms with E-state index in [-0.39, 0.29) is 0 Å². The lowest BCUT2D eigenvalue weighted by Gasteiger charge is -2.24. The van der Waals surface area contributed by atoms with E-state index in [1.165, 1.54) is 35.1 Å². The fourth-order valence-electron chi connectivity index (χ4n) is 4.68. The van der Waals surface area contributed by atoms with Gasteiger partial charge in [-0.1, -0.05) is 12.1 Å². The Kier molecular flexibility index (Phi) is 4.59. The predicted molar refractivity (Wildman–Crippen MR) is 126 cm³/mol. The molecule has 2 aromatic heterocycles. The van der Waals surface area contributed by atoms with Crippen molar-refractivity contribution in [2.75, 3.05) is 18.1 Å². The van der Waals surface area contributed by atoms with Crippen LogP contribution in [0, 0.1) is 19.8 Å². The average molecular weight is 426 g/mol. The molecular weight excluding hydrogens is 398 g/mol. The number of aryl methyl sites for hydroxylation is 2. The van der Waals surface area contributed by atoms with Crippen LogP contribution in [0.15, 0.2) is 42.7 Å². The summed E-state index contributed by atoms with van der Waals surface area (Å²) in [5, 5.41) is 0. The van der Waals surface area contributed by atoms with E-state index in [0.717, 1.165) is 59.5 Å². The minimum Gasteiger partial charge on any atom is -0.491 e. The summed E-state index contributed by atoms with van der Waals surface area (Å²) < 4.78 is 6.13. The number of rotatable bonds is 4. The SMILES string of the molecule is Cc1nc2ccc(-c3ccc4c(c3)CN(c3ncnc(C)c3CC3CC3)CCO4)cc2[nH]1. The van der Waals surface area contributed by atoms with Gasteiger partial charge in [0.05, 0.1) is 17.6 Å². The molecule has 2 aliphatic rings. The number of imidazole rings is 1. The second-order valence-corrected chi connectivity index (χ2v) is 9.06. The zero-order valence-corrected chi connectivity index (χ0v) is 18.6. The van der Waals surface area contributed by atoms with Gasteiger partial charge in [0.25, 0.3) is 0 Å². The molecule has 4 aromatic rings. The number of hydrogen-bond donors (Lipinski definition) is 1. The molecule has 0 saturated heterocycles. The Labute approximate surface area is 187 Å². The van der Waals surface area contributed by atoms with Crippen LogP contribution in [-0.4, -0.2) is 33.1 Å². The van der Waals surface area contributed by atoms with Gasteiger partial charge in [0.1, 0.15) is 30.3 Å². The normalized spacial score (nSPS) is 16.0. The van der Waals surface area contributed by atoms with Crippen LogP contribution in [0.4, 0.5) is 5.82 Å². The smallest absolute Gasteiger partial charge is 0.135 e. The molecule has 0 amide bonds. The lowest BCUT2D eigenvalue weighted by molar-refractivity contribution is 0.331. The Morgan fingerprint density at radius 3 is 2.78 bits per heavy atom. The molecule has 1 aliphatic carbocycles. The van der Waals surface area contributed by atoms with Crippen LogP contribution in [-0.2, 0) is 13.0 Å². The van der Waals surface area contributed by atoms with Crippen LogP contribution in [0.2, 0.25) is 0 Å². The molecule has 162 valence electrons. The molecule has 3 heterocycles. The van der Waals surface area contributed by atoms with Crippen molar-refractivity contribution in [2.45, 2.75) is 39.7 Å². The van der Waals surface area contributed by atoms with Crippen LogP contribution in [0.1, 0.15) is 35.5 Å². The second kappa shape index (κ2) is 7.62. The summed E-state index contributed by atoms with van der Waals surface area (Å²) in [6, 6.07) is 12.9. The molecule has 6 nitrogen and oxygen atoms in total. The number of ether oxygens (including phenoxy) is 1. The number of anilines is 1. The van der Waals surface area contributed by atoms with E-state index in [0.29, 0.717) is 6.61 Å². The molecule has 1 saturated carbocycles. The van der Waals surface area contributed by atoms with Crippen LogP contribution < -0.4 is 9.64 Å². The number of hydrogen-bond acceptors (Lipinski definition) is 5. The fourth-order valence-corrected chi connectivity index (χ4v) is 4.68. The Balaban J connectivity index is 1.35. The maximum atomic E-state index is 6.13. The number of fused-ring (bicyclic) bond motifs is 2. The highest BCUT2D eigenvalue weighted by molar-refractivity contribution is 5.82. The third-order valence-corrected chi connectivity index (χ3v) is 6.60. The number of aromatic amines is 1. The maximum absolute atomic E-state index is 6.13. The summed E-state index contributed by atoms with van der Waals surface area (Å²) in [7, 11) is 0. The highest BCUT2D eigenvalue weighted by atomic mass is 16.5. The molecular formula is C26H27N5O. The molecule has 1 fully saturated rings. The first-order valence-electron chi connectivity index (χ1n) is 11.4. The van der Waals surface area contributed by atoms with Gasteiger partial charge in [-0.15, -0.1) is 0 Å². The topological polar surface area (TPSA) is 66.9 Å². The Morgan fingerprint density at radius 1 is 1.06 bits per heavy atom. The van der Waals surface area contributed by atoms with Gasteiger partial charge >= 0.3 is 0 Å². The van der Waals surface area contributed by atoms with Crippen LogP contribution in [0.25, 0.3) is 22.2 Å². The molecule has 1 N–H and O–H groups in total. The van der Waals surface area contributed by atoms with E-state index < -0.39 is 0 Å². The molecule has 0 spiro atoms. The highest BCUT2D eigenvalue weighted by Crippen LogP contribution is 2.37. The first-order chi connectivity index (χ1) is 15.6. The minimum absolute atomic E-state index is 0.650. The first-order valence-corrected chi connectivity index (χ1v) is 11.4. The summed E-state index contributed by atoms with van der Waals surface area (Å²) in [6.45, 7) is 6.34. The molecule has 1 aliphatic heterocycles. The van der Waals surface area contributed by atoms with Crippen molar-refractivity contribution in [1.29, 1.82) is 0 Å². The average Bonchev–Trinajstić information content (AvgIpc) is 3.56. The van der Waals surface area contributed by atoms with Gasteiger partial charge in [0.2, 0.25) is 0 Å². The third kappa shape index (κ3) is 3.60. The highest BCUT2D eigenvalue weighted by Gasteiger charge is 2.27. The van der Waals surface area contributed by atoms with Crippen LogP contribution in [0.5, 0.6) is 5.75 Å². The molecule has 6 rings (SSSR count). The summed E-state index contributed by atoms with van der Waals surface area (Å²) >= 11 is 0. The summed E-state index contributed by atoms with van der Waals surface area (Å²) in [5.74, 6) is 3.76. The van der Waals surface area contributed by atoms with Gasteiger partial charge in [0.15, 0.2) is 0 Å². The lowest BCUT2D eigenvalue weighted by Crippen LogP contribution is -2.28. The van der Waals surface area contributed by atoms with Gasteiger partial charge in [-0.25, -0.2) is 15.0 Å². The van der Waals surface area contributed by atoms with Gasteiger partial charge in [0, 0.05) is 23.4 Å². The van der Waals surface area contributed by atoms with E-state index in [4.69, 9.17) is 9.72 Å². The van der Waals surface area contributed by atoms with E-state index in [1.807, 2.05) is 6.92 Å². The van der Waals surface area contributed by atoms with E-state index in [2.05, 4.69) is 63.2 Å². The largest absolute Gasteiger partial charge is 0.491 e. The molecule has 32 heavy (non-hydrogen) atoms. The Hall–Kier alpha value is -3.41. The quantitative estimate of drug-likeness (QED) is 0.499. The molecule has 0 bridgehead atoms. The van der Waals surface area contributed by atoms with Gasteiger partial charge in [-0.3, -0.25) is 0 Å². The molecule has 6 heteroatoms. The number of nitrogens with zero attached hydrogens (tertiary/aromatic N) is 4. The third-order valence-electron chi connectivity index (χ3n) is 6.60. The molecule has 0 atom stereocenters. The van der Waals surface area contributed by atoms with Crippen LogP contribution >= 0.6 is 0 Å². The van der Waals surface area contributed by atoms with Gasteiger partial charge < -0.3 is 14.6 Å². The van der Waals surface area contributed by atoms with Crippen molar-refractivity contribution in [3.63, 3.8) is 0 Å². The summed E-state index contributed by atoms with van der Waals surface area (Å²) in [4.78, 5) is 19.4. The zero-order valence-electron chi connectivity index (χ0n) is 18.6. The molecule has 0 radical (unpaired) electrons. The van der Waals surface area contributed by atoms with Crippen molar-refractivity contribution < 1.29 is 4.74 Å². The Morgan fingerprint density at radius 2 is 1.91 bits per heavy atom. The second-order valence-electron chi connectivity index (χ2n) is 9.06.